The summed E-state index contributed by atoms with van der Waals surface area (Å²) in [4.78, 5) is 3.61. The van der Waals surface area contributed by atoms with E-state index in [1.165, 1.54) is 6.07 Å². The normalized spacial score (nSPS) is 9.73. The maximum atomic E-state index is 11.8. The Balaban J connectivity index is 3.06. The Kier molecular flexibility index (Phi) is 2.84. The standard InChI is InChI=1S/C7H7BrFNO/c8-6-2-1-5(4-10)7(3-6)11-9/h1-3H,4,10H2. The molecule has 0 saturated heterocycles. The fourth-order valence-electron chi connectivity index (χ4n) is 0.769. The van der Waals surface area contributed by atoms with E-state index in [2.05, 4.69) is 20.9 Å². The number of halogens is 2. The molecule has 0 fully saturated rings. The first-order valence-electron chi connectivity index (χ1n) is 3.05. The topological polar surface area (TPSA) is 35.2 Å². The van der Waals surface area contributed by atoms with Gasteiger partial charge in [0, 0.05) is 21.1 Å². The highest BCUT2D eigenvalue weighted by Crippen LogP contribution is 2.23. The van der Waals surface area contributed by atoms with Gasteiger partial charge in [-0.25, -0.2) is 0 Å². The minimum atomic E-state index is 0.168. The van der Waals surface area contributed by atoms with Gasteiger partial charge in [-0.15, -0.1) is 0 Å². The molecule has 0 aliphatic heterocycles. The van der Waals surface area contributed by atoms with Crippen molar-refractivity contribution < 1.29 is 9.47 Å². The van der Waals surface area contributed by atoms with E-state index >= 15 is 0 Å². The fourth-order valence-corrected chi connectivity index (χ4v) is 1.11. The summed E-state index contributed by atoms with van der Waals surface area (Å²) in [6.07, 6.45) is 0. The van der Waals surface area contributed by atoms with E-state index in [1.54, 1.807) is 12.1 Å². The average Bonchev–Trinajstić information content (AvgIpc) is 2.04. The van der Waals surface area contributed by atoms with E-state index in [9.17, 15) is 4.53 Å². The van der Waals surface area contributed by atoms with Gasteiger partial charge in [0.05, 0.1) is 0 Å². The zero-order chi connectivity index (χ0) is 8.27. The van der Waals surface area contributed by atoms with Gasteiger partial charge in [-0.05, 0) is 12.1 Å². The van der Waals surface area contributed by atoms with Crippen LogP contribution in [0.15, 0.2) is 22.7 Å². The molecule has 0 aromatic heterocycles. The molecule has 0 aliphatic rings. The summed E-state index contributed by atoms with van der Waals surface area (Å²) in [5, 5.41) is 0. The third-order valence-corrected chi connectivity index (χ3v) is 1.83. The molecule has 0 amide bonds. The molecule has 1 rings (SSSR count). The van der Waals surface area contributed by atoms with Crippen molar-refractivity contribution in [2.24, 2.45) is 5.73 Å². The molecule has 1 aromatic carbocycles. The van der Waals surface area contributed by atoms with Crippen LogP contribution in [0.2, 0.25) is 0 Å². The van der Waals surface area contributed by atoms with Crippen molar-refractivity contribution in [1.82, 2.24) is 0 Å². The van der Waals surface area contributed by atoms with Crippen molar-refractivity contribution in [3.63, 3.8) is 0 Å². The molecule has 0 bridgehead atoms. The van der Waals surface area contributed by atoms with Crippen LogP contribution >= 0.6 is 15.9 Å². The molecule has 4 heteroatoms. The minimum Gasteiger partial charge on any atom is -0.326 e. The number of rotatable bonds is 2. The van der Waals surface area contributed by atoms with Crippen LogP contribution < -0.4 is 10.7 Å². The molecule has 11 heavy (non-hydrogen) atoms. The summed E-state index contributed by atoms with van der Waals surface area (Å²) in [6.45, 7) is 0.270. The van der Waals surface area contributed by atoms with Gasteiger partial charge in [-0.3, -0.25) is 4.94 Å². The van der Waals surface area contributed by atoms with Gasteiger partial charge < -0.3 is 5.73 Å². The number of nitrogens with two attached hydrogens (primary N) is 1. The summed E-state index contributed by atoms with van der Waals surface area (Å²) in [6, 6.07) is 5.02. The van der Waals surface area contributed by atoms with Gasteiger partial charge in [0.1, 0.15) is 0 Å². The van der Waals surface area contributed by atoms with E-state index in [-0.39, 0.29) is 12.3 Å². The molecule has 0 unspecified atom stereocenters. The molecular formula is C7H7BrFNO. The van der Waals surface area contributed by atoms with Crippen LogP contribution in [-0.2, 0) is 6.54 Å². The lowest BCUT2D eigenvalue weighted by atomic mass is 10.2. The molecule has 2 nitrogen and oxygen atoms in total. The second-order valence-corrected chi connectivity index (χ2v) is 2.95. The predicted molar refractivity (Wildman–Crippen MR) is 43.8 cm³/mol. The highest BCUT2D eigenvalue weighted by molar-refractivity contribution is 9.10. The predicted octanol–water partition coefficient (Wildman–Crippen LogP) is 2.17. The van der Waals surface area contributed by atoms with Gasteiger partial charge >= 0.3 is 0 Å². The first kappa shape index (κ1) is 8.49. The smallest absolute Gasteiger partial charge is 0.177 e. The van der Waals surface area contributed by atoms with Crippen molar-refractivity contribution in [1.29, 1.82) is 0 Å². The first-order valence-corrected chi connectivity index (χ1v) is 3.84. The molecule has 0 aliphatic carbocycles. The molecule has 2 N–H and O–H groups in total. The molecule has 1 aromatic rings. The quantitative estimate of drug-likeness (QED) is 0.828. The van der Waals surface area contributed by atoms with Crippen LogP contribution in [-0.4, -0.2) is 0 Å². The van der Waals surface area contributed by atoms with Crippen molar-refractivity contribution >= 4 is 15.9 Å². The van der Waals surface area contributed by atoms with Crippen molar-refractivity contribution in [2.75, 3.05) is 0 Å². The fraction of sp³-hybridized carbons (Fsp3) is 0.143. The Morgan fingerprint density at radius 2 is 2.27 bits per heavy atom. The molecule has 0 heterocycles. The SMILES string of the molecule is NCc1ccc(Br)cc1OF. The van der Waals surface area contributed by atoms with Gasteiger partial charge in [-0.1, -0.05) is 22.0 Å². The summed E-state index contributed by atoms with van der Waals surface area (Å²) < 4.78 is 12.5. The van der Waals surface area contributed by atoms with Crippen molar-refractivity contribution in [3.05, 3.63) is 28.2 Å². The van der Waals surface area contributed by atoms with E-state index in [0.717, 1.165) is 4.47 Å². The van der Waals surface area contributed by atoms with Gasteiger partial charge in [-0.2, -0.15) is 0 Å². The molecular weight excluding hydrogens is 213 g/mol. The number of benzene rings is 1. The summed E-state index contributed by atoms with van der Waals surface area (Å²) in [5.74, 6) is 0.168. The Hall–Kier alpha value is -0.610. The van der Waals surface area contributed by atoms with Gasteiger partial charge in [0.15, 0.2) is 5.75 Å². The Bertz CT molecular complexity index is 254. The second-order valence-electron chi connectivity index (χ2n) is 2.03. The lowest BCUT2D eigenvalue weighted by molar-refractivity contribution is -0.00738. The number of hydrogen-bond donors (Lipinski definition) is 1. The van der Waals surface area contributed by atoms with E-state index in [0.29, 0.717) is 5.56 Å². The molecule has 60 valence electrons. The van der Waals surface area contributed by atoms with E-state index < -0.39 is 0 Å². The highest BCUT2D eigenvalue weighted by atomic mass is 79.9. The van der Waals surface area contributed by atoms with Crippen LogP contribution in [0.4, 0.5) is 4.53 Å². The second kappa shape index (κ2) is 3.69. The van der Waals surface area contributed by atoms with Crippen LogP contribution in [0, 0.1) is 0 Å². The lowest BCUT2D eigenvalue weighted by Crippen LogP contribution is -1.97. The Morgan fingerprint density at radius 1 is 1.55 bits per heavy atom. The highest BCUT2D eigenvalue weighted by Gasteiger charge is 2.02. The molecule has 0 radical (unpaired) electrons. The van der Waals surface area contributed by atoms with Crippen LogP contribution in [0.3, 0.4) is 0 Å². The zero-order valence-corrected chi connectivity index (χ0v) is 7.27. The Morgan fingerprint density at radius 3 is 2.82 bits per heavy atom. The van der Waals surface area contributed by atoms with Crippen LogP contribution in [0.25, 0.3) is 0 Å². The maximum Gasteiger partial charge on any atom is 0.177 e. The lowest BCUT2D eigenvalue weighted by Gasteiger charge is -2.01. The van der Waals surface area contributed by atoms with E-state index in [1.807, 2.05) is 0 Å². The molecule has 0 spiro atoms. The first-order chi connectivity index (χ1) is 5.27. The average molecular weight is 220 g/mol. The largest absolute Gasteiger partial charge is 0.326 e. The maximum absolute atomic E-state index is 11.8. The third kappa shape index (κ3) is 1.91. The van der Waals surface area contributed by atoms with Gasteiger partial charge in [0.25, 0.3) is 0 Å². The minimum absolute atomic E-state index is 0.168. The van der Waals surface area contributed by atoms with Crippen molar-refractivity contribution in [3.8, 4) is 5.75 Å². The third-order valence-electron chi connectivity index (χ3n) is 1.33. The summed E-state index contributed by atoms with van der Waals surface area (Å²) >= 11 is 3.18. The van der Waals surface area contributed by atoms with Crippen LogP contribution in [0.1, 0.15) is 5.56 Å². The van der Waals surface area contributed by atoms with Gasteiger partial charge in [0.2, 0.25) is 0 Å². The van der Waals surface area contributed by atoms with E-state index in [4.69, 9.17) is 5.73 Å². The monoisotopic (exact) mass is 219 g/mol. The Labute approximate surface area is 72.2 Å². The summed E-state index contributed by atoms with van der Waals surface area (Å²) in [7, 11) is 0. The molecule has 0 atom stereocenters. The summed E-state index contributed by atoms with van der Waals surface area (Å²) in [5.41, 5.74) is 5.96. The molecule has 0 saturated carbocycles. The number of hydrogen-bond acceptors (Lipinski definition) is 2. The van der Waals surface area contributed by atoms with Crippen LogP contribution in [0.5, 0.6) is 5.75 Å². The van der Waals surface area contributed by atoms with Crippen molar-refractivity contribution in [2.45, 2.75) is 6.54 Å². The zero-order valence-electron chi connectivity index (χ0n) is 5.68.